The van der Waals surface area contributed by atoms with Gasteiger partial charge in [-0.25, -0.2) is 0 Å². The highest BCUT2D eigenvalue weighted by Crippen LogP contribution is 2.34. The van der Waals surface area contributed by atoms with E-state index in [9.17, 15) is 13.2 Å². The molecule has 0 spiro atoms. The van der Waals surface area contributed by atoms with E-state index in [1.165, 1.54) is 28.8 Å². The number of alkyl halides is 3. The standard InChI is InChI=1S/C28H23F3/c1-18-12-19(2)14-25(13-18)23-8-4-21(5-9-23)22-6-10-24(11-7-22)26-15-20(3)16-27(17-26)28(29,30)31/h4-17H,1-3H3. The third-order valence-corrected chi connectivity index (χ3v) is 5.40. The quantitative estimate of drug-likeness (QED) is 0.313. The fourth-order valence-corrected chi connectivity index (χ4v) is 3.97. The maximum Gasteiger partial charge on any atom is 0.416 e. The SMILES string of the molecule is Cc1cc(C)cc(-c2ccc(-c3ccc(-c4cc(C)cc(C(F)(F)F)c4)cc3)cc2)c1. The van der Waals surface area contributed by atoms with E-state index in [0.717, 1.165) is 22.3 Å². The molecule has 156 valence electrons. The van der Waals surface area contributed by atoms with E-state index in [1.807, 2.05) is 24.3 Å². The van der Waals surface area contributed by atoms with Crippen molar-refractivity contribution in [2.75, 3.05) is 0 Å². The van der Waals surface area contributed by atoms with Crippen LogP contribution in [0.15, 0.2) is 84.9 Å². The van der Waals surface area contributed by atoms with E-state index >= 15 is 0 Å². The lowest BCUT2D eigenvalue weighted by Crippen LogP contribution is -2.05. The molecule has 0 aliphatic heterocycles. The molecule has 0 N–H and O–H groups in total. The largest absolute Gasteiger partial charge is 0.416 e. The fourth-order valence-electron chi connectivity index (χ4n) is 3.97. The van der Waals surface area contributed by atoms with Gasteiger partial charge in [0, 0.05) is 0 Å². The first-order chi connectivity index (χ1) is 14.7. The molecule has 0 fully saturated rings. The van der Waals surface area contributed by atoms with Gasteiger partial charge in [0.05, 0.1) is 5.56 Å². The van der Waals surface area contributed by atoms with Crippen molar-refractivity contribution in [1.29, 1.82) is 0 Å². The molecular formula is C28H23F3. The Kier molecular flexibility index (Phi) is 5.45. The van der Waals surface area contributed by atoms with Crippen LogP contribution in [-0.4, -0.2) is 0 Å². The molecule has 0 radical (unpaired) electrons. The van der Waals surface area contributed by atoms with Crippen molar-refractivity contribution in [1.82, 2.24) is 0 Å². The smallest absolute Gasteiger partial charge is 0.166 e. The monoisotopic (exact) mass is 416 g/mol. The summed E-state index contributed by atoms with van der Waals surface area (Å²) in [6.45, 7) is 5.88. The van der Waals surface area contributed by atoms with Gasteiger partial charge >= 0.3 is 6.18 Å². The molecule has 0 saturated carbocycles. The topological polar surface area (TPSA) is 0 Å². The van der Waals surface area contributed by atoms with Crippen LogP contribution in [0.3, 0.4) is 0 Å². The molecule has 0 aromatic heterocycles. The number of rotatable bonds is 3. The molecule has 0 aliphatic carbocycles. The van der Waals surface area contributed by atoms with Gasteiger partial charge in [0.15, 0.2) is 0 Å². The first kappa shape index (κ1) is 20.9. The van der Waals surface area contributed by atoms with Gasteiger partial charge in [0.25, 0.3) is 0 Å². The van der Waals surface area contributed by atoms with Gasteiger partial charge in [-0.2, -0.15) is 13.2 Å². The van der Waals surface area contributed by atoms with Gasteiger partial charge < -0.3 is 0 Å². The lowest BCUT2D eigenvalue weighted by Gasteiger charge is -2.11. The second-order valence-corrected chi connectivity index (χ2v) is 8.12. The normalized spacial score (nSPS) is 11.5. The minimum Gasteiger partial charge on any atom is -0.166 e. The molecule has 0 atom stereocenters. The highest BCUT2D eigenvalue weighted by Gasteiger charge is 2.30. The minimum absolute atomic E-state index is 0.573. The Morgan fingerprint density at radius 3 is 1.13 bits per heavy atom. The maximum atomic E-state index is 13.1. The van der Waals surface area contributed by atoms with Crippen LogP contribution < -0.4 is 0 Å². The van der Waals surface area contributed by atoms with Crippen molar-refractivity contribution < 1.29 is 13.2 Å². The van der Waals surface area contributed by atoms with Gasteiger partial charge in [0.2, 0.25) is 0 Å². The molecule has 3 heteroatoms. The van der Waals surface area contributed by atoms with E-state index in [-0.39, 0.29) is 0 Å². The van der Waals surface area contributed by atoms with Crippen LogP contribution in [0.25, 0.3) is 33.4 Å². The Labute approximate surface area is 181 Å². The zero-order valence-corrected chi connectivity index (χ0v) is 17.7. The van der Waals surface area contributed by atoms with E-state index in [1.54, 1.807) is 13.0 Å². The minimum atomic E-state index is -4.35. The van der Waals surface area contributed by atoms with Gasteiger partial charge in [-0.15, -0.1) is 0 Å². The highest BCUT2D eigenvalue weighted by molar-refractivity contribution is 5.74. The fraction of sp³-hybridized carbons (Fsp3) is 0.143. The van der Waals surface area contributed by atoms with Crippen LogP contribution in [-0.2, 0) is 6.18 Å². The summed E-state index contributed by atoms with van der Waals surface area (Å²) in [6.07, 6.45) is -4.35. The summed E-state index contributed by atoms with van der Waals surface area (Å²) >= 11 is 0. The Balaban J connectivity index is 1.61. The first-order valence-electron chi connectivity index (χ1n) is 10.2. The van der Waals surface area contributed by atoms with E-state index in [2.05, 4.69) is 56.3 Å². The lowest BCUT2D eigenvalue weighted by molar-refractivity contribution is -0.137. The average Bonchev–Trinajstić information content (AvgIpc) is 2.72. The predicted molar refractivity (Wildman–Crippen MR) is 122 cm³/mol. The number of hydrogen-bond donors (Lipinski definition) is 0. The molecule has 31 heavy (non-hydrogen) atoms. The molecule has 0 heterocycles. The van der Waals surface area contributed by atoms with Gasteiger partial charge in [-0.1, -0.05) is 83.9 Å². The van der Waals surface area contributed by atoms with E-state index in [0.29, 0.717) is 11.1 Å². The number of aryl methyl sites for hydroxylation is 3. The molecule has 0 nitrogen and oxygen atoms in total. The van der Waals surface area contributed by atoms with Crippen LogP contribution in [0.1, 0.15) is 22.3 Å². The molecule has 4 rings (SSSR count). The van der Waals surface area contributed by atoms with Crippen LogP contribution >= 0.6 is 0 Å². The summed E-state index contributed by atoms with van der Waals surface area (Å²) < 4.78 is 39.4. The highest BCUT2D eigenvalue weighted by atomic mass is 19.4. The van der Waals surface area contributed by atoms with Crippen molar-refractivity contribution in [2.24, 2.45) is 0 Å². The van der Waals surface area contributed by atoms with E-state index < -0.39 is 11.7 Å². The van der Waals surface area contributed by atoms with Crippen LogP contribution in [0, 0.1) is 20.8 Å². The Morgan fingerprint density at radius 2 is 0.742 bits per heavy atom. The molecule has 0 unspecified atom stereocenters. The summed E-state index contributed by atoms with van der Waals surface area (Å²) in [5.74, 6) is 0. The zero-order chi connectivity index (χ0) is 22.2. The third-order valence-electron chi connectivity index (χ3n) is 5.40. The summed E-state index contributed by atoms with van der Waals surface area (Å²) in [4.78, 5) is 0. The third kappa shape index (κ3) is 4.72. The summed E-state index contributed by atoms with van der Waals surface area (Å²) in [5.41, 5.74) is 8.24. The van der Waals surface area contributed by atoms with E-state index in [4.69, 9.17) is 0 Å². The molecule has 4 aromatic rings. The van der Waals surface area contributed by atoms with Gasteiger partial charge in [0.1, 0.15) is 0 Å². The Bertz CT molecular complexity index is 1190. The number of halogens is 3. The number of hydrogen-bond acceptors (Lipinski definition) is 0. The Hall–Kier alpha value is -3.33. The van der Waals surface area contributed by atoms with Crippen LogP contribution in [0.4, 0.5) is 13.2 Å². The summed E-state index contributed by atoms with van der Waals surface area (Å²) in [6, 6.07) is 26.7. The van der Waals surface area contributed by atoms with Crippen molar-refractivity contribution >= 4 is 0 Å². The first-order valence-corrected chi connectivity index (χ1v) is 10.2. The van der Waals surface area contributed by atoms with Crippen LogP contribution in [0.2, 0.25) is 0 Å². The van der Waals surface area contributed by atoms with Crippen molar-refractivity contribution in [2.45, 2.75) is 26.9 Å². The molecule has 0 aliphatic rings. The van der Waals surface area contributed by atoms with Crippen LogP contribution in [0.5, 0.6) is 0 Å². The van der Waals surface area contributed by atoms with Crippen molar-refractivity contribution in [3.05, 3.63) is 107 Å². The second kappa shape index (κ2) is 8.07. The molecule has 4 aromatic carbocycles. The van der Waals surface area contributed by atoms with Crippen molar-refractivity contribution in [3.8, 4) is 33.4 Å². The maximum absolute atomic E-state index is 13.1. The van der Waals surface area contributed by atoms with Gasteiger partial charge in [-0.05, 0) is 71.8 Å². The zero-order valence-electron chi connectivity index (χ0n) is 17.7. The molecule has 0 saturated heterocycles. The molecule has 0 bridgehead atoms. The second-order valence-electron chi connectivity index (χ2n) is 8.12. The summed E-state index contributed by atoms with van der Waals surface area (Å²) in [7, 11) is 0. The Morgan fingerprint density at radius 1 is 0.419 bits per heavy atom. The molecule has 0 amide bonds. The number of benzene rings is 4. The lowest BCUT2D eigenvalue weighted by atomic mass is 9.96. The van der Waals surface area contributed by atoms with Gasteiger partial charge in [-0.3, -0.25) is 0 Å². The van der Waals surface area contributed by atoms with Crippen molar-refractivity contribution in [3.63, 3.8) is 0 Å². The average molecular weight is 416 g/mol. The predicted octanol–water partition coefficient (Wildman–Crippen LogP) is 8.63. The summed E-state index contributed by atoms with van der Waals surface area (Å²) in [5, 5.41) is 0. The molecular weight excluding hydrogens is 393 g/mol.